The molecule has 0 radical (unpaired) electrons. The minimum Gasteiger partial charge on any atom is -0.387 e. The van der Waals surface area contributed by atoms with Crippen molar-refractivity contribution in [3.8, 4) is 0 Å². The lowest BCUT2D eigenvalue weighted by Crippen LogP contribution is -2.39. The zero-order valence-electron chi connectivity index (χ0n) is 15.9. The van der Waals surface area contributed by atoms with Gasteiger partial charge in [-0.05, 0) is 31.4 Å². The van der Waals surface area contributed by atoms with Crippen molar-refractivity contribution in [2.45, 2.75) is 44.9 Å². The monoisotopic (exact) mass is 368 g/mol. The molecule has 0 unspecified atom stereocenters. The maximum absolute atomic E-state index is 12.2. The van der Waals surface area contributed by atoms with Crippen molar-refractivity contribution in [3.05, 3.63) is 60.2 Å². The number of nitrogens with zero attached hydrogens (tertiary/aromatic N) is 4. The van der Waals surface area contributed by atoms with Crippen molar-refractivity contribution in [3.63, 3.8) is 0 Å². The summed E-state index contributed by atoms with van der Waals surface area (Å²) in [6.45, 7) is 4.63. The van der Waals surface area contributed by atoms with Crippen molar-refractivity contribution in [1.29, 1.82) is 0 Å². The van der Waals surface area contributed by atoms with E-state index in [-0.39, 0.29) is 11.9 Å². The van der Waals surface area contributed by atoms with Gasteiger partial charge in [0.05, 0.1) is 6.10 Å². The fourth-order valence-corrected chi connectivity index (χ4v) is 3.76. The summed E-state index contributed by atoms with van der Waals surface area (Å²) < 4.78 is 0. The maximum Gasteiger partial charge on any atom is 0.219 e. The molecule has 27 heavy (non-hydrogen) atoms. The van der Waals surface area contributed by atoms with Crippen molar-refractivity contribution in [1.82, 2.24) is 19.8 Å². The smallest absolute Gasteiger partial charge is 0.219 e. The standard InChI is InChI=1S/C21H28N4O2/c1-17(26)25(14-18-12-22-16-23-13-18)20-8-5-10-24(11-9-20)15-21(27)19-6-3-2-4-7-19/h2-4,6-7,12-13,16,20-21,27H,5,8-11,14-15H2,1H3/t20-,21+/m1/s1. The predicted octanol–water partition coefficient (Wildman–Crippen LogP) is 2.41. The minimum atomic E-state index is -0.479. The Labute approximate surface area is 160 Å². The highest BCUT2D eigenvalue weighted by Gasteiger charge is 2.25. The summed E-state index contributed by atoms with van der Waals surface area (Å²) in [5.74, 6) is 0.0848. The molecule has 1 aliphatic heterocycles. The van der Waals surface area contributed by atoms with Crippen LogP contribution in [-0.4, -0.2) is 56.5 Å². The Kier molecular flexibility index (Phi) is 6.90. The Morgan fingerprint density at radius 3 is 2.67 bits per heavy atom. The van der Waals surface area contributed by atoms with Gasteiger partial charge in [0.1, 0.15) is 6.33 Å². The molecule has 1 aromatic heterocycles. The van der Waals surface area contributed by atoms with Gasteiger partial charge in [-0.15, -0.1) is 0 Å². The van der Waals surface area contributed by atoms with E-state index in [1.807, 2.05) is 35.2 Å². The van der Waals surface area contributed by atoms with Crippen LogP contribution >= 0.6 is 0 Å². The third-order valence-electron chi connectivity index (χ3n) is 5.22. The highest BCUT2D eigenvalue weighted by Crippen LogP contribution is 2.21. The van der Waals surface area contributed by atoms with Crippen LogP contribution in [0.2, 0.25) is 0 Å². The molecular weight excluding hydrogens is 340 g/mol. The molecule has 1 saturated heterocycles. The summed E-state index contributed by atoms with van der Waals surface area (Å²) >= 11 is 0. The zero-order valence-corrected chi connectivity index (χ0v) is 15.9. The molecule has 1 N–H and O–H groups in total. The Bertz CT molecular complexity index is 711. The molecule has 0 bridgehead atoms. The van der Waals surface area contributed by atoms with Gasteiger partial charge >= 0.3 is 0 Å². The largest absolute Gasteiger partial charge is 0.387 e. The average Bonchev–Trinajstić information content (AvgIpc) is 2.93. The molecule has 6 heteroatoms. The van der Waals surface area contributed by atoms with Crippen LogP contribution in [0.15, 0.2) is 49.1 Å². The SMILES string of the molecule is CC(=O)N(Cc1cncnc1)[C@@H]1CCCN(C[C@H](O)c2ccccc2)CC1. The maximum atomic E-state index is 12.2. The van der Waals surface area contributed by atoms with Gasteiger partial charge in [0.15, 0.2) is 0 Å². The van der Waals surface area contributed by atoms with E-state index in [0.717, 1.165) is 43.5 Å². The molecule has 144 valence electrons. The first-order valence-electron chi connectivity index (χ1n) is 9.60. The second-order valence-electron chi connectivity index (χ2n) is 7.21. The number of carbonyl (C=O) groups is 1. The summed E-state index contributed by atoms with van der Waals surface area (Å²) in [5.41, 5.74) is 1.90. The molecule has 2 atom stereocenters. The van der Waals surface area contributed by atoms with Crippen LogP contribution in [0.1, 0.15) is 43.4 Å². The second kappa shape index (κ2) is 9.58. The van der Waals surface area contributed by atoms with Crippen LogP contribution in [0.5, 0.6) is 0 Å². The van der Waals surface area contributed by atoms with E-state index in [9.17, 15) is 9.90 Å². The van der Waals surface area contributed by atoms with Gasteiger partial charge in [-0.3, -0.25) is 4.79 Å². The molecule has 1 aliphatic rings. The molecule has 1 fully saturated rings. The van der Waals surface area contributed by atoms with Crippen LogP contribution in [0.4, 0.5) is 0 Å². The average molecular weight is 368 g/mol. The lowest BCUT2D eigenvalue weighted by molar-refractivity contribution is -0.132. The highest BCUT2D eigenvalue weighted by molar-refractivity contribution is 5.73. The molecular formula is C21H28N4O2. The van der Waals surface area contributed by atoms with Gasteiger partial charge in [-0.25, -0.2) is 9.97 Å². The third kappa shape index (κ3) is 5.58. The number of carbonyl (C=O) groups excluding carboxylic acids is 1. The number of likely N-dealkylation sites (tertiary alicyclic amines) is 1. The molecule has 0 spiro atoms. The molecule has 1 amide bonds. The Balaban J connectivity index is 1.58. The van der Waals surface area contributed by atoms with Gasteiger partial charge in [0, 0.05) is 50.6 Å². The summed E-state index contributed by atoms with van der Waals surface area (Å²) in [6, 6.07) is 10.0. The van der Waals surface area contributed by atoms with Crippen molar-refractivity contribution >= 4 is 5.91 Å². The number of aliphatic hydroxyl groups is 1. The van der Waals surface area contributed by atoms with Crippen molar-refractivity contribution in [2.75, 3.05) is 19.6 Å². The van der Waals surface area contributed by atoms with Crippen molar-refractivity contribution in [2.24, 2.45) is 0 Å². The zero-order chi connectivity index (χ0) is 19.1. The quantitative estimate of drug-likeness (QED) is 0.848. The minimum absolute atomic E-state index is 0.0848. The number of benzene rings is 1. The van der Waals surface area contributed by atoms with Crippen LogP contribution in [0, 0.1) is 0 Å². The fraction of sp³-hybridized carbons (Fsp3) is 0.476. The molecule has 3 rings (SSSR count). The molecule has 2 aromatic rings. The van der Waals surface area contributed by atoms with Crippen molar-refractivity contribution < 1.29 is 9.90 Å². The van der Waals surface area contributed by atoms with E-state index >= 15 is 0 Å². The lowest BCUT2D eigenvalue weighted by Gasteiger charge is -2.30. The molecule has 0 saturated carbocycles. The number of hydrogen-bond acceptors (Lipinski definition) is 5. The van der Waals surface area contributed by atoms with E-state index in [1.54, 1.807) is 19.3 Å². The predicted molar refractivity (Wildman–Crippen MR) is 104 cm³/mol. The number of β-amino-alcohol motifs (C(OH)–C–C–N with tert-alkyl or cyclic N) is 1. The number of amides is 1. The summed E-state index contributed by atoms with van der Waals surface area (Å²) in [5, 5.41) is 10.5. The summed E-state index contributed by atoms with van der Waals surface area (Å²) in [4.78, 5) is 24.6. The first kappa shape index (κ1) is 19.5. The normalized spacial score (nSPS) is 19.3. The fourth-order valence-electron chi connectivity index (χ4n) is 3.76. The van der Waals surface area contributed by atoms with Gasteiger partial charge in [0.2, 0.25) is 5.91 Å². The third-order valence-corrected chi connectivity index (χ3v) is 5.22. The van der Waals surface area contributed by atoms with Crippen LogP contribution in [0.25, 0.3) is 0 Å². The number of aliphatic hydroxyl groups excluding tert-OH is 1. The molecule has 0 aliphatic carbocycles. The number of hydrogen-bond donors (Lipinski definition) is 1. The van der Waals surface area contributed by atoms with E-state index in [2.05, 4.69) is 14.9 Å². The molecule has 2 heterocycles. The molecule has 6 nitrogen and oxygen atoms in total. The Morgan fingerprint density at radius 1 is 1.22 bits per heavy atom. The van der Waals surface area contributed by atoms with E-state index < -0.39 is 6.10 Å². The topological polar surface area (TPSA) is 69.6 Å². The van der Waals surface area contributed by atoms with Gasteiger partial charge in [0.25, 0.3) is 0 Å². The summed E-state index contributed by atoms with van der Waals surface area (Å²) in [6.07, 6.45) is 7.46. The van der Waals surface area contributed by atoms with Crippen LogP contribution in [-0.2, 0) is 11.3 Å². The first-order valence-corrected chi connectivity index (χ1v) is 9.60. The van der Waals surface area contributed by atoms with Gasteiger partial charge in [-0.1, -0.05) is 30.3 Å². The van der Waals surface area contributed by atoms with E-state index in [1.165, 1.54) is 6.33 Å². The number of aromatic nitrogens is 2. The highest BCUT2D eigenvalue weighted by atomic mass is 16.3. The van der Waals surface area contributed by atoms with Crippen LogP contribution < -0.4 is 0 Å². The lowest BCUT2D eigenvalue weighted by atomic mass is 10.1. The van der Waals surface area contributed by atoms with Gasteiger partial charge in [-0.2, -0.15) is 0 Å². The van der Waals surface area contributed by atoms with E-state index in [0.29, 0.717) is 13.1 Å². The number of rotatable bonds is 6. The van der Waals surface area contributed by atoms with Crippen LogP contribution in [0.3, 0.4) is 0 Å². The van der Waals surface area contributed by atoms with E-state index in [4.69, 9.17) is 0 Å². The molecule has 1 aromatic carbocycles. The second-order valence-corrected chi connectivity index (χ2v) is 7.21. The Morgan fingerprint density at radius 2 is 1.96 bits per heavy atom. The first-order chi connectivity index (χ1) is 13.1. The Hall–Kier alpha value is -2.31. The summed E-state index contributed by atoms with van der Waals surface area (Å²) in [7, 11) is 0. The van der Waals surface area contributed by atoms with Gasteiger partial charge < -0.3 is 14.9 Å².